The molecule has 0 heterocycles. The van der Waals surface area contributed by atoms with Gasteiger partial charge in [-0.05, 0) is 61.0 Å². The molecule has 0 aliphatic heterocycles. The van der Waals surface area contributed by atoms with Gasteiger partial charge in [0.25, 0.3) is 10.3 Å². The number of aromatic hydroxyl groups is 1. The lowest BCUT2D eigenvalue weighted by atomic mass is 9.99. The molecule has 0 aliphatic carbocycles. The predicted molar refractivity (Wildman–Crippen MR) is 126 cm³/mol. The molecule has 0 radical (unpaired) electrons. The summed E-state index contributed by atoms with van der Waals surface area (Å²) in [5.74, 6) is 0.956. The highest BCUT2D eigenvalue weighted by molar-refractivity contribution is 8.22. The molecule has 0 atom stereocenters. The van der Waals surface area contributed by atoms with Crippen molar-refractivity contribution in [2.45, 2.75) is 26.2 Å². The van der Waals surface area contributed by atoms with Crippen molar-refractivity contribution in [1.82, 2.24) is 9.80 Å². The fourth-order valence-electron chi connectivity index (χ4n) is 1.91. The number of benzene rings is 1. The zero-order valence-corrected chi connectivity index (χ0v) is 19.7. The minimum absolute atomic E-state index is 0.329. The van der Waals surface area contributed by atoms with Crippen molar-refractivity contribution in [1.29, 1.82) is 0 Å². The van der Waals surface area contributed by atoms with Gasteiger partial charge in [-0.3, -0.25) is 0 Å². The van der Waals surface area contributed by atoms with Crippen LogP contribution >= 0.6 is 48.4 Å². The molecule has 0 unspecified atom stereocenters. The number of hydrogen-bond acceptors (Lipinski definition) is 6. The Morgan fingerprint density at radius 3 is 2.11 bits per heavy atom. The standard InChI is InChI=1S/C16H24N2O2S3.CH3NOS/c1-10-7-12(8-20-15(21)17(3)4)11(2)13(14(10)19)9-23-16(22)18(5)6;2-1(3)4/h7,19H,8-9H2,1-6H3;(H3,2,3,4). The van der Waals surface area contributed by atoms with Crippen LogP contribution in [0.1, 0.15) is 22.3 Å². The average molecular weight is 450 g/mol. The summed E-state index contributed by atoms with van der Waals surface area (Å²) in [5.41, 5.74) is 8.17. The molecule has 0 aliphatic rings. The molecule has 0 bridgehead atoms. The van der Waals surface area contributed by atoms with Gasteiger partial charge in [0.05, 0.1) is 0 Å². The van der Waals surface area contributed by atoms with Crippen LogP contribution in [0.15, 0.2) is 6.07 Å². The van der Waals surface area contributed by atoms with Crippen molar-refractivity contribution < 1.29 is 14.9 Å². The lowest BCUT2D eigenvalue weighted by Crippen LogP contribution is -2.22. The number of aliphatic hydroxyl groups excluding tert-OH is 1. The second-order valence-corrected chi connectivity index (χ2v) is 8.42. The second kappa shape index (κ2) is 12.2. The third-order valence-electron chi connectivity index (χ3n) is 3.41. The summed E-state index contributed by atoms with van der Waals surface area (Å²) in [4.78, 5) is 3.64. The number of aryl methyl sites for hydroxylation is 1. The maximum absolute atomic E-state index is 10.4. The Bertz CT molecular complexity index is 690. The van der Waals surface area contributed by atoms with Crippen LogP contribution in [0.25, 0.3) is 0 Å². The van der Waals surface area contributed by atoms with Crippen molar-refractivity contribution in [3.63, 3.8) is 0 Å². The third kappa shape index (κ3) is 9.41. The van der Waals surface area contributed by atoms with E-state index in [1.165, 1.54) is 11.8 Å². The number of phenols is 1. The first-order chi connectivity index (χ1) is 12.4. The number of ether oxygens (including phenoxy) is 1. The molecule has 1 rings (SSSR count). The van der Waals surface area contributed by atoms with Gasteiger partial charge in [-0.15, -0.1) is 0 Å². The molecule has 4 N–H and O–H groups in total. The molecular weight excluding hydrogens is 422 g/mol. The third-order valence-corrected chi connectivity index (χ3v) is 5.65. The van der Waals surface area contributed by atoms with E-state index in [1.54, 1.807) is 4.90 Å². The molecular formula is C17H27N3O3S4. The summed E-state index contributed by atoms with van der Waals surface area (Å²) >= 11 is 15.9. The number of thioether (sulfide) groups is 1. The Labute approximate surface area is 181 Å². The summed E-state index contributed by atoms with van der Waals surface area (Å²) in [7, 11) is 7.53. The lowest BCUT2D eigenvalue weighted by Gasteiger charge is -2.19. The molecule has 0 amide bonds. The Hall–Kier alpha value is -1.36. The number of nitrogens with two attached hydrogens (primary N) is 1. The molecule has 152 valence electrons. The van der Waals surface area contributed by atoms with Crippen molar-refractivity contribution >= 4 is 63.1 Å². The summed E-state index contributed by atoms with van der Waals surface area (Å²) in [5, 5.41) is 17.9. The maximum Gasteiger partial charge on any atom is 0.259 e. The van der Waals surface area contributed by atoms with E-state index in [9.17, 15) is 5.11 Å². The highest BCUT2D eigenvalue weighted by Crippen LogP contribution is 2.32. The average Bonchev–Trinajstić information content (AvgIpc) is 2.55. The summed E-state index contributed by atoms with van der Waals surface area (Å²) < 4.78 is 6.41. The molecule has 0 saturated carbocycles. The van der Waals surface area contributed by atoms with E-state index in [0.717, 1.165) is 26.6 Å². The van der Waals surface area contributed by atoms with Crippen molar-refractivity contribution in [2.75, 3.05) is 28.2 Å². The van der Waals surface area contributed by atoms with E-state index in [4.69, 9.17) is 34.3 Å². The summed E-state index contributed by atoms with van der Waals surface area (Å²) in [6.45, 7) is 4.27. The molecule has 0 fully saturated rings. The minimum Gasteiger partial charge on any atom is -0.507 e. The number of hydrogen-bond donors (Lipinski definition) is 3. The Balaban J connectivity index is 0.00000153. The topological polar surface area (TPSA) is 82.2 Å². The Morgan fingerprint density at radius 2 is 1.67 bits per heavy atom. The second-order valence-electron chi connectivity index (χ2n) is 6.04. The normalized spacial score (nSPS) is 9.70. The molecule has 0 aromatic heterocycles. The van der Waals surface area contributed by atoms with Crippen LogP contribution in [0.5, 0.6) is 5.75 Å². The predicted octanol–water partition coefficient (Wildman–Crippen LogP) is 3.24. The smallest absolute Gasteiger partial charge is 0.259 e. The van der Waals surface area contributed by atoms with Gasteiger partial charge < -0.3 is 30.5 Å². The highest BCUT2D eigenvalue weighted by Gasteiger charge is 2.15. The maximum atomic E-state index is 10.4. The van der Waals surface area contributed by atoms with Crippen molar-refractivity contribution in [3.8, 4) is 5.75 Å². The van der Waals surface area contributed by atoms with E-state index in [-0.39, 0.29) is 0 Å². The van der Waals surface area contributed by atoms with Crippen LogP contribution in [-0.2, 0) is 17.1 Å². The molecule has 1 aromatic carbocycles. The summed E-state index contributed by atoms with van der Waals surface area (Å²) in [6.07, 6.45) is 0. The van der Waals surface area contributed by atoms with Gasteiger partial charge in [-0.2, -0.15) is 0 Å². The van der Waals surface area contributed by atoms with Gasteiger partial charge in [-0.25, -0.2) is 0 Å². The van der Waals surface area contributed by atoms with Crippen LogP contribution in [0.2, 0.25) is 0 Å². The first kappa shape index (κ1) is 25.6. The van der Waals surface area contributed by atoms with Crippen LogP contribution in [-0.4, -0.2) is 62.9 Å². The monoisotopic (exact) mass is 449 g/mol. The zero-order chi connectivity index (χ0) is 21.3. The first-order valence-corrected chi connectivity index (χ1v) is 10.1. The number of rotatable bonds is 4. The van der Waals surface area contributed by atoms with Gasteiger partial charge in [0, 0.05) is 39.5 Å². The quantitative estimate of drug-likeness (QED) is 0.596. The van der Waals surface area contributed by atoms with Gasteiger partial charge in [0.15, 0.2) is 0 Å². The number of thiocarbonyl (C=S) groups is 3. The van der Waals surface area contributed by atoms with E-state index in [2.05, 4.69) is 18.0 Å². The first-order valence-electron chi connectivity index (χ1n) is 7.85. The number of nitrogens with zero attached hydrogens (tertiary/aromatic N) is 2. The van der Waals surface area contributed by atoms with Crippen LogP contribution < -0.4 is 5.73 Å². The zero-order valence-electron chi connectivity index (χ0n) is 16.4. The van der Waals surface area contributed by atoms with Crippen molar-refractivity contribution in [2.24, 2.45) is 5.73 Å². The molecule has 10 heteroatoms. The number of phenolic OH excluding ortho intramolecular Hbond substituents is 1. The fourth-order valence-corrected chi connectivity index (χ4v) is 3.02. The molecule has 27 heavy (non-hydrogen) atoms. The highest BCUT2D eigenvalue weighted by atomic mass is 32.2. The van der Waals surface area contributed by atoms with Gasteiger partial charge in [-0.1, -0.05) is 24.0 Å². The molecule has 1 aromatic rings. The van der Waals surface area contributed by atoms with E-state index in [0.29, 0.717) is 23.3 Å². The van der Waals surface area contributed by atoms with E-state index >= 15 is 0 Å². The van der Waals surface area contributed by atoms with Gasteiger partial charge in [0.2, 0.25) is 0 Å². The van der Waals surface area contributed by atoms with E-state index < -0.39 is 5.17 Å². The SMILES string of the molecule is Cc1cc(COC(=S)N(C)C)c(C)c(CSC(=S)N(C)C)c1O.NC(O)=S. The molecule has 0 saturated heterocycles. The number of aliphatic hydroxyl groups is 1. The van der Waals surface area contributed by atoms with Gasteiger partial charge in [0.1, 0.15) is 16.7 Å². The van der Waals surface area contributed by atoms with Crippen LogP contribution in [0.3, 0.4) is 0 Å². The summed E-state index contributed by atoms with van der Waals surface area (Å²) in [6, 6.07) is 1.95. The Morgan fingerprint density at radius 1 is 1.15 bits per heavy atom. The van der Waals surface area contributed by atoms with Crippen LogP contribution in [0.4, 0.5) is 0 Å². The van der Waals surface area contributed by atoms with Crippen molar-refractivity contribution in [3.05, 3.63) is 28.3 Å². The largest absolute Gasteiger partial charge is 0.507 e. The Kier molecular flexibility index (Phi) is 11.6. The van der Waals surface area contributed by atoms with Crippen LogP contribution in [0, 0.1) is 13.8 Å². The lowest BCUT2D eigenvalue weighted by molar-refractivity contribution is 0.256. The fraction of sp³-hybridized carbons (Fsp3) is 0.471. The minimum atomic E-state index is -0.500. The van der Waals surface area contributed by atoms with Gasteiger partial charge >= 0.3 is 0 Å². The van der Waals surface area contributed by atoms with E-state index in [1.807, 2.05) is 53.0 Å². The molecule has 0 spiro atoms. The molecule has 6 nitrogen and oxygen atoms in total.